The Hall–Kier alpha value is 0. The molecule has 0 radical (unpaired) electrons. The molecule has 19 heavy (non-hydrogen) atoms. The van der Waals surface area contributed by atoms with E-state index in [4.69, 9.17) is 0 Å². The maximum absolute atomic E-state index is 2.42. The van der Waals surface area contributed by atoms with Gasteiger partial charge < -0.3 is 0 Å². The highest BCUT2D eigenvalue weighted by Gasteiger charge is 2.12. The lowest BCUT2D eigenvalue weighted by atomic mass is 9.85. The summed E-state index contributed by atoms with van der Waals surface area (Å²) in [6.07, 6.45) is 15.9. The number of hydrogen-bond acceptors (Lipinski definition) is 0. The maximum atomic E-state index is 2.42. The van der Waals surface area contributed by atoms with Crippen molar-refractivity contribution in [1.29, 1.82) is 0 Å². The number of rotatable bonds is 13. The van der Waals surface area contributed by atoms with Gasteiger partial charge in [0.1, 0.15) is 0 Å². The Morgan fingerprint density at radius 2 is 1.11 bits per heavy atom. The van der Waals surface area contributed by atoms with E-state index in [-0.39, 0.29) is 0 Å². The van der Waals surface area contributed by atoms with Crippen molar-refractivity contribution in [3.05, 3.63) is 0 Å². The Balaban J connectivity index is 3.54. The third-order valence-electron chi connectivity index (χ3n) is 4.48. The van der Waals surface area contributed by atoms with Crippen molar-refractivity contribution in [2.45, 2.75) is 105 Å². The first-order valence-electron chi connectivity index (χ1n) is 9.07. The van der Waals surface area contributed by atoms with E-state index in [9.17, 15) is 0 Å². The minimum atomic E-state index is 0.881. The molecule has 0 heterocycles. The van der Waals surface area contributed by atoms with Gasteiger partial charge in [0.25, 0.3) is 0 Å². The van der Waals surface area contributed by atoms with Crippen LogP contribution < -0.4 is 0 Å². The number of hydrogen-bond donors (Lipinski definition) is 0. The average Bonchev–Trinajstić information content (AvgIpc) is 2.34. The fourth-order valence-electron chi connectivity index (χ4n) is 2.96. The van der Waals surface area contributed by atoms with Gasteiger partial charge in [0, 0.05) is 0 Å². The Labute approximate surface area is 123 Å². The Bertz CT molecular complexity index is 169. The van der Waals surface area contributed by atoms with Crippen LogP contribution in [-0.2, 0) is 0 Å². The molecule has 0 heteroatoms. The van der Waals surface area contributed by atoms with Gasteiger partial charge in [-0.2, -0.15) is 0 Å². The lowest BCUT2D eigenvalue weighted by Gasteiger charge is -2.21. The SMILES string of the molecule is CCCCCCCCCC(CCCC(C)C)C(C)C. The summed E-state index contributed by atoms with van der Waals surface area (Å²) >= 11 is 0. The van der Waals surface area contributed by atoms with E-state index in [1.807, 2.05) is 0 Å². The molecular formula is C19H40. The van der Waals surface area contributed by atoms with E-state index in [0.717, 1.165) is 17.8 Å². The average molecular weight is 269 g/mol. The summed E-state index contributed by atoms with van der Waals surface area (Å²) in [5, 5.41) is 0. The molecule has 0 saturated carbocycles. The standard InChI is InChI=1S/C19H40/c1-6-7-8-9-10-11-12-15-19(18(4)5)16-13-14-17(2)3/h17-19H,6-16H2,1-5H3. The van der Waals surface area contributed by atoms with Gasteiger partial charge >= 0.3 is 0 Å². The molecule has 0 fully saturated rings. The molecule has 0 N–H and O–H groups in total. The van der Waals surface area contributed by atoms with Crippen LogP contribution in [0.15, 0.2) is 0 Å². The van der Waals surface area contributed by atoms with E-state index < -0.39 is 0 Å². The first-order chi connectivity index (χ1) is 9.07. The maximum Gasteiger partial charge on any atom is -0.0391 e. The Morgan fingerprint density at radius 1 is 0.579 bits per heavy atom. The van der Waals surface area contributed by atoms with Crippen LogP contribution in [0.2, 0.25) is 0 Å². The van der Waals surface area contributed by atoms with Crippen molar-refractivity contribution < 1.29 is 0 Å². The van der Waals surface area contributed by atoms with Gasteiger partial charge in [-0.1, -0.05) is 105 Å². The molecule has 0 aromatic carbocycles. The summed E-state index contributed by atoms with van der Waals surface area (Å²) in [7, 11) is 0. The van der Waals surface area contributed by atoms with Gasteiger partial charge in [-0.05, 0) is 17.8 Å². The second-order valence-electron chi connectivity index (χ2n) is 7.24. The van der Waals surface area contributed by atoms with Gasteiger partial charge in [-0.3, -0.25) is 0 Å². The molecular weight excluding hydrogens is 228 g/mol. The molecule has 0 aromatic rings. The molecule has 0 bridgehead atoms. The van der Waals surface area contributed by atoms with Crippen molar-refractivity contribution >= 4 is 0 Å². The molecule has 0 aromatic heterocycles. The molecule has 116 valence electrons. The van der Waals surface area contributed by atoms with Crippen LogP contribution in [0.4, 0.5) is 0 Å². The van der Waals surface area contributed by atoms with Crippen LogP contribution in [-0.4, -0.2) is 0 Å². The van der Waals surface area contributed by atoms with Crippen LogP contribution in [0.3, 0.4) is 0 Å². The molecule has 0 aliphatic rings. The topological polar surface area (TPSA) is 0 Å². The van der Waals surface area contributed by atoms with Crippen LogP contribution in [0.1, 0.15) is 105 Å². The summed E-state index contributed by atoms with van der Waals surface area (Å²) in [6.45, 7) is 11.8. The quantitative estimate of drug-likeness (QED) is 0.309. The molecule has 0 rings (SSSR count). The van der Waals surface area contributed by atoms with Crippen LogP contribution in [0.5, 0.6) is 0 Å². The predicted octanol–water partition coefficient (Wildman–Crippen LogP) is 7.23. The lowest BCUT2D eigenvalue weighted by molar-refractivity contribution is 0.308. The zero-order valence-corrected chi connectivity index (χ0v) is 14.5. The largest absolute Gasteiger partial charge is 0.0654 e. The number of unbranched alkanes of at least 4 members (excludes halogenated alkanes) is 6. The van der Waals surface area contributed by atoms with Gasteiger partial charge in [0.05, 0.1) is 0 Å². The molecule has 0 aliphatic heterocycles. The first-order valence-corrected chi connectivity index (χ1v) is 9.07. The third kappa shape index (κ3) is 12.8. The Morgan fingerprint density at radius 3 is 1.63 bits per heavy atom. The van der Waals surface area contributed by atoms with E-state index in [1.165, 1.54) is 70.6 Å². The zero-order chi connectivity index (χ0) is 14.5. The predicted molar refractivity (Wildman–Crippen MR) is 89.6 cm³/mol. The smallest absolute Gasteiger partial charge is 0.0391 e. The summed E-state index contributed by atoms with van der Waals surface area (Å²) in [5.41, 5.74) is 0. The van der Waals surface area contributed by atoms with Crippen molar-refractivity contribution in [3.8, 4) is 0 Å². The van der Waals surface area contributed by atoms with Gasteiger partial charge in [0.2, 0.25) is 0 Å². The fourth-order valence-corrected chi connectivity index (χ4v) is 2.96. The zero-order valence-electron chi connectivity index (χ0n) is 14.5. The van der Waals surface area contributed by atoms with Crippen molar-refractivity contribution in [2.75, 3.05) is 0 Å². The molecule has 0 spiro atoms. The van der Waals surface area contributed by atoms with Crippen molar-refractivity contribution in [3.63, 3.8) is 0 Å². The summed E-state index contributed by atoms with van der Waals surface area (Å²) in [6, 6.07) is 0. The molecule has 0 nitrogen and oxygen atoms in total. The summed E-state index contributed by atoms with van der Waals surface area (Å²) < 4.78 is 0. The Kier molecular flexibility index (Phi) is 13.0. The van der Waals surface area contributed by atoms with E-state index in [1.54, 1.807) is 0 Å². The van der Waals surface area contributed by atoms with Crippen LogP contribution >= 0.6 is 0 Å². The van der Waals surface area contributed by atoms with Crippen LogP contribution in [0, 0.1) is 17.8 Å². The minimum Gasteiger partial charge on any atom is -0.0654 e. The van der Waals surface area contributed by atoms with Crippen molar-refractivity contribution in [2.24, 2.45) is 17.8 Å². The first kappa shape index (κ1) is 19.0. The molecule has 0 aliphatic carbocycles. The van der Waals surface area contributed by atoms with Crippen LogP contribution in [0.25, 0.3) is 0 Å². The third-order valence-corrected chi connectivity index (χ3v) is 4.48. The fraction of sp³-hybridized carbons (Fsp3) is 1.00. The highest BCUT2D eigenvalue weighted by Crippen LogP contribution is 2.25. The van der Waals surface area contributed by atoms with E-state index >= 15 is 0 Å². The second kappa shape index (κ2) is 13.0. The normalized spacial score (nSPS) is 13.4. The summed E-state index contributed by atoms with van der Waals surface area (Å²) in [5.74, 6) is 2.74. The van der Waals surface area contributed by atoms with Gasteiger partial charge in [-0.15, -0.1) is 0 Å². The molecule has 1 unspecified atom stereocenters. The lowest BCUT2D eigenvalue weighted by Crippen LogP contribution is -2.09. The molecule has 1 atom stereocenters. The minimum absolute atomic E-state index is 0.881. The van der Waals surface area contributed by atoms with Gasteiger partial charge in [0.15, 0.2) is 0 Å². The monoisotopic (exact) mass is 268 g/mol. The van der Waals surface area contributed by atoms with E-state index in [2.05, 4.69) is 34.6 Å². The highest BCUT2D eigenvalue weighted by molar-refractivity contribution is 4.64. The second-order valence-corrected chi connectivity index (χ2v) is 7.24. The van der Waals surface area contributed by atoms with E-state index in [0.29, 0.717) is 0 Å². The molecule has 0 saturated heterocycles. The highest BCUT2D eigenvalue weighted by atomic mass is 14.2. The van der Waals surface area contributed by atoms with Crippen molar-refractivity contribution in [1.82, 2.24) is 0 Å². The summed E-state index contributed by atoms with van der Waals surface area (Å²) in [4.78, 5) is 0. The molecule has 0 amide bonds. The van der Waals surface area contributed by atoms with Gasteiger partial charge in [-0.25, -0.2) is 0 Å².